The summed E-state index contributed by atoms with van der Waals surface area (Å²) in [6.45, 7) is 0. The fourth-order valence-electron chi connectivity index (χ4n) is 1.65. The predicted molar refractivity (Wildman–Crippen MR) is 74.3 cm³/mol. The topological polar surface area (TPSA) is 43.8 Å². The van der Waals surface area contributed by atoms with Crippen molar-refractivity contribution < 1.29 is 26.3 Å². The van der Waals surface area contributed by atoms with Crippen LogP contribution in [0.5, 0.6) is 0 Å². The van der Waals surface area contributed by atoms with Gasteiger partial charge in [-0.25, -0.2) is 13.5 Å². The van der Waals surface area contributed by atoms with Crippen molar-refractivity contribution >= 4 is 40.8 Å². The SMILES string of the molecule is Nc1c(SC(F)(Cl)Cl)cnn1-c1cc(F)c(C(F)(F)F)cc1F. The van der Waals surface area contributed by atoms with E-state index in [0.717, 1.165) is 6.20 Å². The molecule has 0 aliphatic heterocycles. The van der Waals surface area contributed by atoms with Crippen LogP contribution < -0.4 is 5.73 Å². The molecule has 126 valence electrons. The molecule has 0 fully saturated rings. The molecule has 1 aromatic heterocycles. The van der Waals surface area contributed by atoms with Gasteiger partial charge in [-0.05, 0) is 17.8 Å². The number of hydrogen-bond acceptors (Lipinski definition) is 3. The summed E-state index contributed by atoms with van der Waals surface area (Å²) >= 11 is 10.5. The molecule has 0 bridgehead atoms. The number of nitrogens with zero attached hydrogens (tertiary/aromatic N) is 2. The van der Waals surface area contributed by atoms with Gasteiger partial charge in [0, 0.05) is 6.07 Å². The number of benzene rings is 1. The molecular formula is C11H5Cl2F6N3S. The number of halogens is 8. The van der Waals surface area contributed by atoms with E-state index in [1.165, 1.54) is 0 Å². The number of aromatic nitrogens is 2. The van der Waals surface area contributed by atoms with E-state index in [1.807, 2.05) is 0 Å². The molecule has 1 heterocycles. The highest BCUT2D eigenvalue weighted by Crippen LogP contribution is 2.44. The van der Waals surface area contributed by atoms with Crippen LogP contribution >= 0.6 is 35.0 Å². The summed E-state index contributed by atoms with van der Waals surface area (Å²) in [5, 5.41) is 3.56. The van der Waals surface area contributed by atoms with Gasteiger partial charge in [-0.1, -0.05) is 23.2 Å². The van der Waals surface area contributed by atoms with Crippen LogP contribution in [-0.4, -0.2) is 13.7 Å². The van der Waals surface area contributed by atoms with Crippen molar-refractivity contribution in [3.63, 3.8) is 0 Å². The van der Waals surface area contributed by atoms with E-state index in [1.54, 1.807) is 0 Å². The molecule has 2 rings (SSSR count). The van der Waals surface area contributed by atoms with E-state index in [9.17, 15) is 26.3 Å². The second kappa shape index (κ2) is 5.99. The van der Waals surface area contributed by atoms with E-state index in [0.29, 0.717) is 4.68 Å². The Morgan fingerprint density at radius 1 is 1.09 bits per heavy atom. The van der Waals surface area contributed by atoms with Crippen LogP contribution in [0.25, 0.3) is 5.69 Å². The van der Waals surface area contributed by atoms with Gasteiger partial charge in [-0.2, -0.15) is 22.7 Å². The van der Waals surface area contributed by atoms with Crippen molar-refractivity contribution in [1.29, 1.82) is 0 Å². The molecule has 1 aromatic carbocycles. The first kappa shape index (κ1) is 18.1. The van der Waals surface area contributed by atoms with Crippen molar-refractivity contribution in [2.24, 2.45) is 0 Å². The van der Waals surface area contributed by atoms with Gasteiger partial charge < -0.3 is 5.73 Å². The number of nitrogen functional groups attached to an aromatic ring is 1. The minimum absolute atomic E-state index is 0.0266. The van der Waals surface area contributed by atoms with Crippen LogP contribution in [0.2, 0.25) is 0 Å². The average molecular weight is 396 g/mol. The average Bonchev–Trinajstić information content (AvgIpc) is 2.70. The highest BCUT2D eigenvalue weighted by Gasteiger charge is 2.35. The Bertz CT molecular complexity index is 741. The van der Waals surface area contributed by atoms with Crippen molar-refractivity contribution in [1.82, 2.24) is 9.78 Å². The maximum absolute atomic E-state index is 13.9. The predicted octanol–water partition coefficient (Wildman–Crippen LogP) is 4.90. The minimum Gasteiger partial charge on any atom is -0.383 e. The molecule has 0 saturated carbocycles. The van der Waals surface area contributed by atoms with Gasteiger partial charge in [0.2, 0.25) is 0 Å². The first-order valence-corrected chi connectivity index (χ1v) is 7.13. The molecule has 0 radical (unpaired) electrons. The second-order valence-electron chi connectivity index (χ2n) is 4.13. The number of hydrogen-bond donors (Lipinski definition) is 1. The second-order valence-corrected chi connectivity index (χ2v) is 7.02. The van der Waals surface area contributed by atoms with Gasteiger partial charge in [0.1, 0.15) is 23.1 Å². The molecule has 0 aliphatic carbocycles. The third kappa shape index (κ3) is 3.99. The lowest BCUT2D eigenvalue weighted by Gasteiger charge is -2.12. The van der Waals surface area contributed by atoms with E-state index < -0.39 is 33.0 Å². The van der Waals surface area contributed by atoms with Gasteiger partial charge in [0.05, 0.1) is 16.7 Å². The molecule has 0 aliphatic rings. The highest BCUT2D eigenvalue weighted by atomic mass is 35.5. The molecule has 3 nitrogen and oxygen atoms in total. The Labute approximate surface area is 139 Å². The normalized spacial score (nSPS) is 12.7. The van der Waals surface area contributed by atoms with Crippen molar-refractivity contribution in [2.45, 2.75) is 15.0 Å². The third-order valence-corrected chi connectivity index (χ3v) is 3.80. The summed E-state index contributed by atoms with van der Waals surface area (Å²) in [4.78, 5) is -0.114. The number of thioether (sulfide) groups is 1. The van der Waals surface area contributed by atoms with Crippen molar-refractivity contribution in [3.05, 3.63) is 35.5 Å². The van der Waals surface area contributed by atoms with Crippen LogP contribution in [0.3, 0.4) is 0 Å². The zero-order valence-electron chi connectivity index (χ0n) is 10.6. The van der Waals surface area contributed by atoms with Crippen LogP contribution in [-0.2, 0) is 6.18 Å². The summed E-state index contributed by atoms with van der Waals surface area (Å²) in [5.41, 5.74) is 3.11. The molecule has 2 aromatic rings. The number of nitrogens with two attached hydrogens (primary N) is 1. The number of anilines is 1. The fraction of sp³-hybridized carbons (Fsp3) is 0.182. The largest absolute Gasteiger partial charge is 0.419 e. The van der Waals surface area contributed by atoms with Crippen LogP contribution in [0, 0.1) is 11.6 Å². The molecule has 0 atom stereocenters. The zero-order valence-corrected chi connectivity index (χ0v) is 13.0. The molecule has 0 saturated heterocycles. The van der Waals surface area contributed by atoms with Gasteiger partial charge in [0.25, 0.3) is 0 Å². The summed E-state index contributed by atoms with van der Waals surface area (Å²) in [5.74, 6) is -3.52. The van der Waals surface area contributed by atoms with Crippen LogP contribution in [0.1, 0.15) is 5.56 Å². The van der Waals surface area contributed by atoms with E-state index >= 15 is 0 Å². The van der Waals surface area contributed by atoms with E-state index in [2.05, 4.69) is 5.10 Å². The summed E-state index contributed by atoms with van der Waals surface area (Å²) in [6, 6.07) is 0.251. The Morgan fingerprint density at radius 3 is 2.22 bits per heavy atom. The Morgan fingerprint density at radius 2 is 1.70 bits per heavy atom. The lowest BCUT2D eigenvalue weighted by Crippen LogP contribution is -2.12. The van der Waals surface area contributed by atoms with Crippen molar-refractivity contribution in [2.75, 3.05) is 5.73 Å². The first-order chi connectivity index (χ1) is 10.4. The Hall–Kier alpha value is -1.26. The molecule has 2 N–H and O–H groups in total. The molecule has 0 amide bonds. The maximum atomic E-state index is 13.9. The highest BCUT2D eigenvalue weighted by molar-refractivity contribution is 8.03. The molecular weight excluding hydrogens is 391 g/mol. The van der Waals surface area contributed by atoms with E-state index in [-0.39, 0.29) is 34.6 Å². The zero-order chi connectivity index (χ0) is 17.6. The smallest absolute Gasteiger partial charge is 0.383 e. The fourth-order valence-corrected chi connectivity index (χ4v) is 2.69. The Kier molecular flexibility index (Phi) is 4.71. The van der Waals surface area contributed by atoms with E-state index in [4.69, 9.17) is 28.9 Å². The minimum atomic E-state index is -5.06. The summed E-state index contributed by atoms with van der Waals surface area (Å²) in [6.07, 6.45) is -4.11. The maximum Gasteiger partial charge on any atom is 0.419 e. The molecule has 23 heavy (non-hydrogen) atoms. The van der Waals surface area contributed by atoms with Crippen LogP contribution in [0.15, 0.2) is 23.2 Å². The monoisotopic (exact) mass is 395 g/mol. The van der Waals surface area contributed by atoms with Gasteiger partial charge in [-0.3, -0.25) is 0 Å². The summed E-state index contributed by atoms with van der Waals surface area (Å²) in [7, 11) is 0. The lowest BCUT2D eigenvalue weighted by atomic mass is 10.1. The van der Waals surface area contributed by atoms with Crippen molar-refractivity contribution in [3.8, 4) is 5.69 Å². The van der Waals surface area contributed by atoms with Gasteiger partial charge >= 0.3 is 10.1 Å². The van der Waals surface area contributed by atoms with Crippen LogP contribution in [0.4, 0.5) is 32.2 Å². The molecule has 12 heteroatoms. The van der Waals surface area contributed by atoms with Gasteiger partial charge in [0.15, 0.2) is 0 Å². The standard InChI is InChI=1S/C11H5Cl2F6N3S/c12-11(13,19)23-8-3-21-22(9(8)20)7-2-5(14)4(1-6(7)15)10(16,17)18/h1-3H,20H2. The lowest BCUT2D eigenvalue weighted by molar-refractivity contribution is -0.140. The Balaban J connectivity index is 2.50. The molecule has 0 spiro atoms. The third-order valence-electron chi connectivity index (χ3n) is 2.57. The van der Waals surface area contributed by atoms with Gasteiger partial charge in [-0.15, -0.1) is 0 Å². The first-order valence-electron chi connectivity index (χ1n) is 5.56. The molecule has 0 unspecified atom stereocenters. The number of alkyl halides is 6. The number of rotatable bonds is 3. The quantitative estimate of drug-likeness (QED) is 0.456. The summed E-state index contributed by atoms with van der Waals surface area (Å²) < 4.78 is 75.9.